The lowest BCUT2D eigenvalue weighted by atomic mass is 9.84. The third kappa shape index (κ3) is 7.08. The molecule has 13 heteroatoms. The average molecular weight is 712 g/mol. The lowest BCUT2D eigenvalue weighted by molar-refractivity contribution is 0.0197. The van der Waals surface area contributed by atoms with Gasteiger partial charge in [0.05, 0.1) is 21.9 Å². The first-order valence-corrected chi connectivity index (χ1v) is 19.6. The lowest BCUT2D eigenvalue weighted by Gasteiger charge is -2.41. The van der Waals surface area contributed by atoms with Crippen LogP contribution < -0.4 is 30.2 Å². The number of carbonyl (C=O) groups excluding carboxylic acids is 1. The lowest BCUT2D eigenvalue weighted by Crippen LogP contribution is -2.49. The number of thiophene rings is 3. The number of carbonyl (C=O) groups is 1. The van der Waals surface area contributed by atoms with Gasteiger partial charge in [0.25, 0.3) is 0 Å². The van der Waals surface area contributed by atoms with Gasteiger partial charge in [-0.15, -0.1) is 34.0 Å². The summed E-state index contributed by atoms with van der Waals surface area (Å²) in [7, 11) is 3.49. The van der Waals surface area contributed by atoms with Crippen LogP contribution in [-0.4, -0.2) is 87.4 Å². The predicted molar refractivity (Wildman–Crippen MR) is 194 cm³/mol. The fourth-order valence-corrected chi connectivity index (χ4v) is 9.97. The van der Waals surface area contributed by atoms with Crippen LogP contribution in [0, 0.1) is 0 Å². The largest absolute Gasteiger partial charge is 0.485 e. The summed E-state index contributed by atoms with van der Waals surface area (Å²) in [6, 6.07) is 6.03. The van der Waals surface area contributed by atoms with Crippen molar-refractivity contribution in [3.8, 4) is 17.2 Å². The number of aliphatic imine (C=N–C) groups is 1. The highest BCUT2D eigenvalue weighted by Gasteiger charge is 2.43. The van der Waals surface area contributed by atoms with E-state index in [4.69, 9.17) is 19.0 Å². The van der Waals surface area contributed by atoms with E-state index in [2.05, 4.69) is 42.9 Å². The number of rotatable bonds is 1. The summed E-state index contributed by atoms with van der Waals surface area (Å²) in [6.45, 7) is 6.03. The minimum absolute atomic E-state index is 0.00810. The molecule has 3 spiro atoms. The molecule has 3 aromatic heterocycles. The Morgan fingerprint density at radius 1 is 0.625 bits per heavy atom. The van der Waals surface area contributed by atoms with Crippen molar-refractivity contribution in [3.05, 3.63) is 49.0 Å². The van der Waals surface area contributed by atoms with Gasteiger partial charge in [0.15, 0.2) is 5.78 Å². The molecule has 0 aromatic carbocycles. The summed E-state index contributed by atoms with van der Waals surface area (Å²) in [5.41, 5.74) is 1.98. The van der Waals surface area contributed by atoms with E-state index in [1.165, 1.54) is 21.9 Å². The quantitative estimate of drug-likeness (QED) is 0.267. The van der Waals surface area contributed by atoms with Crippen molar-refractivity contribution in [2.75, 3.05) is 53.4 Å². The van der Waals surface area contributed by atoms with Crippen LogP contribution in [0.25, 0.3) is 0 Å². The van der Waals surface area contributed by atoms with Crippen molar-refractivity contribution in [2.45, 2.75) is 74.6 Å². The van der Waals surface area contributed by atoms with Crippen LogP contribution in [0.3, 0.4) is 0 Å². The maximum absolute atomic E-state index is 11.9. The number of fused-ring (bicyclic) bond motifs is 3. The summed E-state index contributed by atoms with van der Waals surface area (Å²) in [6.07, 6.45) is 8.50. The molecule has 48 heavy (non-hydrogen) atoms. The summed E-state index contributed by atoms with van der Waals surface area (Å²) in [4.78, 5) is 24.5. The standard InChI is InChI=1S/C12H16N2O2S.C12H16N2OS.C11H13NO2S/c1-15-14-9-8-12(3-5-13-6-4-12)16-10-2-7-17-11(9)10;1-13-9-8-12(3-5-14-6-4-12)15-10-2-7-16-11(9)10;13-8-7-11(2-4-12-5-3-11)14-9-1-6-15-10(8)9/h2,7,13H,3-6,8H2,1H3;2,7,14H,3-6,8H2,1H3;1,6,12H,2-5,7H2/b14-9+;;. The van der Waals surface area contributed by atoms with Crippen molar-refractivity contribution in [1.29, 1.82) is 0 Å². The second kappa shape index (κ2) is 14.6. The van der Waals surface area contributed by atoms with Crippen LogP contribution in [0.2, 0.25) is 0 Å². The van der Waals surface area contributed by atoms with Gasteiger partial charge >= 0.3 is 0 Å². The number of hydrogen-bond acceptors (Lipinski definition) is 13. The molecule has 0 unspecified atom stereocenters. The first kappa shape index (κ1) is 33.7. The highest BCUT2D eigenvalue weighted by atomic mass is 32.1. The molecule has 9 rings (SSSR count). The molecule has 0 bridgehead atoms. The number of oxime groups is 1. The molecule has 6 aliphatic rings. The van der Waals surface area contributed by atoms with Gasteiger partial charge in [0.1, 0.15) is 51.8 Å². The Morgan fingerprint density at radius 3 is 1.48 bits per heavy atom. The Balaban J connectivity index is 0.000000114. The maximum Gasteiger partial charge on any atom is 0.180 e. The van der Waals surface area contributed by atoms with E-state index >= 15 is 0 Å². The van der Waals surface area contributed by atoms with Gasteiger partial charge in [-0.05, 0) is 73.6 Å². The predicted octanol–water partition coefficient (Wildman–Crippen LogP) is 5.91. The van der Waals surface area contributed by atoms with E-state index in [0.717, 1.165) is 123 Å². The minimum atomic E-state index is -0.212. The topological polar surface area (TPSA) is 115 Å². The van der Waals surface area contributed by atoms with E-state index < -0.39 is 0 Å². The second-order valence-electron chi connectivity index (χ2n) is 13.3. The van der Waals surface area contributed by atoms with Crippen LogP contribution in [0.15, 0.2) is 44.5 Å². The Kier molecular flexibility index (Phi) is 10.2. The van der Waals surface area contributed by atoms with Gasteiger partial charge in [0.2, 0.25) is 0 Å². The Bertz CT molecular complexity index is 1630. The van der Waals surface area contributed by atoms with E-state index in [0.29, 0.717) is 6.42 Å². The number of nitrogens with zero attached hydrogens (tertiary/aromatic N) is 2. The fourth-order valence-electron chi connectivity index (χ4n) is 7.56. The van der Waals surface area contributed by atoms with Crippen LogP contribution >= 0.6 is 34.0 Å². The van der Waals surface area contributed by atoms with E-state index in [-0.39, 0.29) is 22.6 Å². The van der Waals surface area contributed by atoms with Gasteiger partial charge in [0, 0.05) is 58.4 Å². The number of nitrogens with one attached hydrogen (secondary N) is 3. The van der Waals surface area contributed by atoms with Crippen molar-refractivity contribution >= 4 is 51.2 Å². The molecular weight excluding hydrogens is 667 g/mol. The molecule has 0 aliphatic carbocycles. The van der Waals surface area contributed by atoms with Gasteiger partial charge < -0.3 is 35.0 Å². The Morgan fingerprint density at radius 2 is 1.02 bits per heavy atom. The van der Waals surface area contributed by atoms with Crippen molar-refractivity contribution in [3.63, 3.8) is 0 Å². The van der Waals surface area contributed by atoms with Crippen LogP contribution in [0.5, 0.6) is 17.2 Å². The first-order valence-electron chi connectivity index (χ1n) is 17.0. The zero-order valence-corrected chi connectivity index (χ0v) is 30.2. The molecule has 3 N–H and O–H groups in total. The van der Waals surface area contributed by atoms with Crippen LogP contribution in [0.4, 0.5) is 0 Å². The molecule has 10 nitrogen and oxygen atoms in total. The van der Waals surface area contributed by atoms with E-state index in [1.807, 2.05) is 24.6 Å². The maximum atomic E-state index is 11.9. The molecule has 0 amide bonds. The number of Topliss-reactive ketones (excluding diaryl/α,β-unsaturated/α-hetero) is 1. The monoisotopic (exact) mass is 711 g/mol. The molecule has 3 aromatic rings. The van der Waals surface area contributed by atoms with Gasteiger partial charge in [-0.1, -0.05) is 5.16 Å². The van der Waals surface area contributed by atoms with Crippen molar-refractivity contribution < 1.29 is 23.8 Å². The Hall–Kier alpha value is -2.81. The molecule has 9 heterocycles. The van der Waals surface area contributed by atoms with E-state index in [1.54, 1.807) is 29.8 Å². The third-order valence-corrected chi connectivity index (χ3v) is 12.9. The number of ether oxygens (including phenoxy) is 3. The molecule has 258 valence electrons. The van der Waals surface area contributed by atoms with E-state index in [9.17, 15) is 4.79 Å². The van der Waals surface area contributed by atoms with Crippen molar-refractivity contribution in [1.82, 2.24) is 16.0 Å². The highest BCUT2D eigenvalue weighted by molar-refractivity contribution is 7.13. The van der Waals surface area contributed by atoms with Crippen LogP contribution in [-0.2, 0) is 4.84 Å². The summed E-state index contributed by atoms with van der Waals surface area (Å²) in [5, 5.41) is 20.3. The molecule has 0 saturated carbocycles. The van der Waals surface area contributed by atoms with Gasteiger partial charge in [-0.25, -0.2) is 0 Å². The molecular formula is C35H45N5O5S3. The summed E-state index contributed by atoms with van der Waals surface area (Å²) >= 11 is 4.89. The highest BCUT2D eigenvalue weighted by Crippen LogP contribution is 2.43. The van der Waals surface area contributed by atoms with Gasteiger partial charge in [-0.2, -0.15) is 0 Å². The number of piperidine rings is 3. The fraction of sp³-hybridized carbons (Fsp3) is 0.571. The second-order valence-corrected chi connectivity index (χ2v) is 16.0. The van der Waals surface area contributed by atoms with Gasteiger partial charge in [-0.3, -0.25) is 9.79 Å². The normalized spacial score (nSPS) is 24.5. The number of ketones is 1. The smallest absolute Gasteiger partial charge is 0.180 e. The SMILES string of the molecule is CN=C1CC2(CCNCC2)Oc2ccsc21.CO/N=C1\CC2(CCNCC2)Oc2ccsc21.O=C1CC2(CCNCC2)Oc2ccsc21. The molecule has 0 atom stereocenters. The molecule has 6 aliphatic heterocycles. The minimum Gasteiger partial charge on any atom is -0.485 e. The number of hydrogen-bond donors (Lipinski definition) is 3. The summed E-state index contributed by atoms with van der Waals surface area (Å²) < 4.78 is 18.5. The average Bonchev–Trinajstić information content (AvgIpc) is 3.88. The molecule has 3 saturated heterocycles. The molecule has 3 fully saturated rings. The molecule has 0 radical (unpaired) electrons. The first-order chi connectivity index (χ1) is 23.4. The third-order valence-electron chi connectivity index (χ3n) is 10.1. The zero-order chi connectivity index (χ0) is 33.0. The summed E-state index contributed by atoms with van der Waals surface area (Å²) in [5.74, 6) is 3.07. The van der Waals surface area contributed by atoms with Crippen LogP contribution in [0.1, 0.15) is 77.2 Å². The Labute approximate surface area is 294 Å². The van der Waals surface area contributed by atoms with Crippen molar-refractivity contribution in [2.24, 2.45) is 10.1 Å². The zero-order valence-electron chi connectivity index (χ0n) is 27.7.